The molecule has 0 saturated carbocycles. The average Bonchev–Trinajstić information content (AvgIpc) is 3.30. The first-order chi connectivity index (χ1) is 22.3. The molecule has 5 nitrogen and oxygen atoms in total. The lowest BCUT2D eigenvalue weighted by atomic mass is 9.73. The number of hydrogen-bond donors (Lipinski definition) is 0. The van der Waals surface area contributed by atoms with Crippen LogP contribution in [0.25, 0.3) is 16.8 Å². The summed E-state index contributed by atoms with van der Waals surface area (Å²) in [6.07, 6.45) is 3.31. The second kappa shape index (κ2) is 11.6. The van der Waals surface area contributed by atoms with Gasteiger partial charge in [-0.1, -0.05) is 88.4 Å². The number of fused-ring (bicyclic) bond motifs is 4. The van der Waals surface area contributed by atoms with Gasteiger partial charge in [0, 0.05) is 28.2 Å². The third kappa shape index (κ3) is 4.78. The van der Waals surface area contributed by atoms with Crippen molar-refractivity contribution in [3.05, 3.63) is 130 Å². The number of ketones is 2. The van der Waals surface area contributed by atoms with E-state index in [0.717, 1.165) is 40.7 Å². The Morgan fingerprint density at radius 2 is 1.13 bits per heavy atom. The molecule has 7 rings (SSSR count). The quantitative estimate of drug-likeness (QED) is 0.130. The first-order valence-electron chi connectivity index (χ1n) is 16.1. The van der Waals surface area contributed by atoms with Gasteiger partial charge in [-0.25, -0.2) is 0 Å². The lowest BCUT2D eigenvalue weighted by molar-refractivity contribution is 0.0990. The number of allylic oxidation sites excluding steroid dienone is 1. The van der Waals surface area contributed by atoms with Crippen LogP contribution in [0.3, 0.4) is 0 Å². The number of carbonyl (C=O) groups is 2. The van der Waals surface area contributed by atoms with Gasteiger partial charge in [-0.15, -0.1) is 0 Å². The molecule has 0 atom stereocenters. The molecule has 0 aromatic heterocycles. The molecule has 0 radical (unpaired) electrons. The zero-order valence-corrected chi connectivity index (χ0v) is 26.7. The lowest BCUT2D eigenvalue weighted by Gasteiger charge is -2.42. The van der Waals surface area contributed by atoms with Crippen LogP contribution in [0.1, 0.15) is 77.9 Å². The number of benzene rings is 5. The van der Waals surface area contributed by atoms with Crippen molar-refractivity contribution in [1.29, 1.82) is 0 Å². The maximum atomic E-state index is 13.7. The van der Waals surface area contributed by atoms with Crippen molar-refractivity contribution >= 4 is 45.5 Å². The third-order valence-corrected chi connectivity index (χ3v) is 9.06. The molecule has 5 aromatic carbocycles. The van der Waals surface area contributed by atoms with Crippen LogP contribution in [0.15, 0.2) is 103 Å². The molecule has 0 fully saturated rings. The molecule has 46 heavy (non-hydrogen) atoms. The topological polar surface area (TPSA) is 55.8 Å². The minimum absolute atomic E-state index is 0.135. The minimum Gasteiger partial charge on any atom is -0.493 e. The van der Waals surface area contributed by atoms with Crippen molar-refractivity contribution < 1.29 is 19.1 Å². The summed E-state index contributed by atoms with van der Waals surface area (Å²) >= 11 is 0. The number of para-hydroxylation sites is 2. The van der Waals surface area contributed by atoms with Crippen LogP contribution >= 0.6 is 0 Å². The number of ether oxygens (including phenoxy) is 2. The number of hydrogen-bond acceptors (Lipinski definition) is 5. The second-order valence-corrected chi connectivity index (χ2v) is 12.5. The van der Waals surface area contributed by atoms with E-state index < -0.39 is 0 Å². The summed E-state index contributed by atoms with van der Waals surface area (Å²) in [6.45, 7) is 9.65. The van der Waals surface area contributed by atoms with Crippen molar-refractivity contribution in [3.8, 4) is 11.5 Å². The van der Waals surface area contributed by atoms with Gasteiger partial charge in [0.2, 0.25) is 0 Å². The monoisotopic (exact) mass is 607 g/mol. The van der Waals surface area contributed by atoms with E-state index in [-0.39, 0.29) is 22.6 Å². The first kappa shape index (κ1) is 29.5. The van der Waals surface area contributed by atoms with E-state index in [4.69, 9.17) is 9.47 Å². The van der Waals surface area contributed by atoms with E-state index in [2.05, 4.69) is 81.1 Å². The lowest BCUT2D eigenvalue weighted by Crippen LogP contribution is -2.30. The zero-order chi connectivity index (χ0) is 32.0. The van der Waals surface area contributed by atoms with Crippen molar-refractivity contribution in [3.63, 3.8) is 0 Å². The maximum Gasteiger partial charge on any atom is 0.197 e. The highest BCUT2D eigenvalue weighted by molar-refractivity contribution is 6.42. The van der Waals surface area contributed by atoms with Gasteiger partial charge in [0.15, 0.2) is 11.6 Å². The molecule has 230 valence electrons. The van der Waals surface area contributed by atoms with Crippen molar-refractivity contribution in [1.82, 2.24) is 0 Å². The van der Waals surface area contributed by atoms with Crippen molar-refractivity contribution in [2.45, 2.75) is 46.0 Å². The highest BCUT2D eigenvalue weighted by atomic mass is 16.5. The van der Waals surface area contributed by atoms with E-state index in [1.165, 1.54) is 11.1 Å². The number of Topliss-reactive ketones (excluding diaryl/α,β-unsaturated/α-hetero) is 2. The van der Waals surface area contributed by atoms with E-state index in [1.807, 2.05) is 48.5 Å². The zero-order valence-electron chi connectivity index (χ0n) is 26.7. The molecule has 1 heterocycles. The van der Waals surface area contributed by atoms with Gasteiger partial charge in [-0.2, -0.15) is 0 Å². The smallest absolute Gasteiger partial charge is 0.197 e. The molecular formula is C41H37NO4. The molecular weight excluding hydrogens is 570 g/mol. The SMILES string of the molecule is CCCOc1cc(N2c3ccccc3C(C)(C)c3ccccc32)c(OCCC)cc1C=C1C(=O)c2cc3ccccc3cc2C1=O. The van der Waals surface area contributed by atoms with Crippen LogP contribution in [-0.4, -0.2) is 24.8 Å². The van der Waals surface area contributed by atoms with E-state index in [1.54, 1.807) is 6.08 Å². The van der Waals surface area contributed by atoms with Crippen LogP contribution in [0, 0.1) is 0 Å². The highest BCUT2D eigenvalue weighted by Gasteiger charge is 2.38. The Kier molecular flexibility index (Phi) is 7.48. The second-order valence-electron chi connectivity index (χ2n) is 12.5. The van der Waals surface area contributed by atoms with E-state index in [0.29, 0.717) is 41.4 Å². The Hall–Kier alpha value is -5.16. The molecule has 1 aliphatic carbocycles. The fourth-order valence-electron chi connectivity index (χ4n) is 6.74. The summed E-state index contributed by atoms with van der Waals surface area (Å²) in [4.78, 5) is 29.7. The number of rotatable bonds is 8. The molecule has 0 bridgehead atoms. The Morgan fingerprint density at radius 3 is 1.67 bits per heavy atom. The summed E-state index contributed by atoms with van der Waals surface area (Å²) in [6, 6.07) is 32.3. The van der Waals surface area contributed by atoms with Crippen LogP contribution < -0.4 is 14.4 Å². The van der Waals surface area contributed by atoms with Crippen LogP contribution in [0.5, 0.6) is 11.5 Å². The minimum atomic E-state index is -0.270. The molecule has 0 amide bonds. The Labute approximate surface area is 270 Å². The summed E-state index contributed by atoms with van der Waals surface area (Å²) in [5, 5.41) is 1.86. The molecule has 5 heteroatoms. The average molecular weight is 608 g/mol. The largest absolute Gasteiger partial charge is 0.493 e. The standard InChI is InChI=1S/C41H37NO4/c1-5-19-45-37-25-36(42-34-17-11-9-15-32(34)41(3,4)33-16-10-12-18-35(33)42)38(46-20-6-2)24-28(37)23-31-39(43)29-21-26-13-7-8-14-27(26)22-30(29)40(31)44/h7-18,21-25H,5-6,19-20H2,1-4H3. The van der Waals surface area contributed by atoms with Gasteiger partial charge in [-0.3, -0.25) is 9.59 Å². The van der Waals surface area contributed by atoms with Gasteiger partial charge < -0.3 is 14.4 Å². The predicted molar refractivity (Wildman–Crippen MR) is 185 cm³/mol. The van der Waals surface area contributed by atoms with Crippen LogP contribution in [-0.2, 0) is 5.41 Å². The molecule has 0 N–H and O–H groups in total. The number of nitrogens with zero attached hydrogens (tertiary/aromatic N) is 1. The summed E-state index contributed by atoms with van der Waals surface area (Å²) < 4.78 is 12.8. The summed E-state index contributed by atoms with van der Waals surface area (Å²) in [5.74, 6) is 0.708. The van der Waals surface area contributed by atoms with Gasteiger partial charge in [0.25, 0.3) is 0 Å². The molecule has 0 spiro atoms. The van der Waals surface area contributed by atoms with Crippen LogP contribution in [0.4, 0.5) is 17.1 Å². The molecule has 0 unspecified atom stereocenters. The number of anilines is 3. The maximum absolute atomic E-state index is 13.7. The van der Waals surface area contributed by atoms with Crippen molar-refractivity contribution in [2.75, 3.05) is 18.1 Å². The summed E-state index contributed by atoms with van der Waals surface area (Å²) in [5.41, 5.74) is 6.86. The first-order valence-corrected chi connectivity index (χ1v) is 16.1. The van der Waals surface area contributed by atoms with Gasteiger partial charge in [-0.05, 0) is 71.1 Å². The molecule has 0 saturated heterocycles. The number of carbonyl (C=O) groups excluding carboxylic acids is 2. The van der Waals surface area contributed by atoms with E-state index in [9.17, 15) is 9.59 Å². The fourth-order valence-corrected chi connectivity index (χ4v) is 6.74. The molecule has 1 aliphatic heterocycles. The fraction of sp³-hybridized carbons (Fsp3) is 0.220. The Bertz CT molecular complexity index is 1950. The van der Waals surface area contributed by atoms with Gasteiger partial charge in [0.1, 0.15) is 11.5 Å². The van der Waals surface area contributed by atoms with Crippen molar-refractivity contribution in [2.24, 2.45) is 0 Å². The summed E-state index contributed by atoms with van der Waals surface area (Å²) in [7, 11) is 0. The normalized spacial score (nSPS) is 14.6. The highest BCUT2D eigenvalue weighted by Crippen LogP contribution is 2.54. The Balaban J connectivity index is 1.42. The Morgan fingerprint density at radius 1 is 0.630 bits per heavy atom. The van der Waals surface area contributed by atoms with E-state index >= 15 is 0 Å². The third-order valence-electron chi connectivity index (χ3n) is 9.06. The molecule has 2 aliphatic rings. The van der Waals surface area contributed by atoms with Crippen LogP contribution in [0.2, 0.25) is 0 Å². The van der Waals surface area contributed by atoms with Gasteiger partial charge in [0.05, 0.1) is 35.8 Å². The van der Waals surface area contributed by atoms with Gasteiger partial charge >= 0.3 is 0 Å². The predicted octanol–water partition coefficient (Wildman–Crippen LogP) is 9.99. The molecule has 5 aromatic rings.